The molecule has 1 aliphatic rings. The number of amides is 2. The lowest BCUT2D eigenvalue weighted by molar-refractivity contribution is -0.115. The van der Waals surface area contributed by atoms with Crippen molar-refractivity contribution in [2.75, 3.05) is 7.11 Å². The molecule has 0 saturated carbocycles. The van der Waals surface area contributed by atoms with Crippen molar-refractivity contribution in [3.63, 3.8) is 0 Å². The second kappa shape index (κ2) is 8.13. The number of hydrogen-bond acceptors (Lipinski definition) is 6. The Kier molecular flexibility index (Phi) is 5.85. The number of carbonyl (C=O) groups excluding carboxylic acids is 3. The van der Waals surface area contributed by atoms with Crippen molar-refractivity contribution >= 4 is 57.5 Å². The second-order valence-electron chi connectivity index (χ2n) is 5.64. The Balaban J connectivity index is 1.89. The molecule has 2 amide bonds. The highest BCUT2D eigenvalue weighted by Crippen LogP contribution is 2.36. The number of methoxy groups -OCH3 is 1. The number of rotatable bonds is 4. The van der Waals surface area contributed by atoms with E-state index in [-0.39, 0.29) is 0 Å². The van der Waals surface area contributed by atoms with Crippen LogP contribution in [-0.4, -0.2) is 24.2 Å². The largest absolute Gasteiger partial charge is 0.493 e. The third kappa shape index (κ3) is 4.51. The summed E-state index contributed by atoms with van der Waals surface area (Å²) in [6.45, 7) is 1.94. The van der Waals surface area contributed by atoms with Crippen LogP contribution in [0.25, 0.3) is 6.08 Å². The first-order valence-corrected chi connectivity index (χ1v) is 9.68. The Labute approximate surface area is 173 Å². The van der Waals surface area contributed by atoms with Crippen LogP contribution in [0.4, 0.5) is 4.79 Å². The summed E-state index contributed by atoms with van der Waals surface area (Å²) in [5.74, 6) is -0.281. The number of imide groups is 1. The van der Waals surface area contributed by atoms with E-state index >= 15 is 0 Å². The van der Waals surface area contributed by atoms with Crippen molar-refractivity contribution in [1.29, 1.82) is 0 Å². The maximum Gasteiger partial charge on any atom is 0.343 e. The average Bonchev–Trinajstić information content (AvgIpc) is 2.94. The standard InChI is InChI=1S/C19H14INO5S/c1-10-3-5-12(6-4-10)18(23)26-16-13(20)7-11(8-14(16)25-2)9-15-17(22)21-19(24)27-15/h3-9H,1-2H3,(H,21,22,24)/b15-9-. The van der Waals surface area contributed by atoms with Gasteiger partial charge >= 0.3 is 5.97 Å². The molecule has 1 saturated heterocycles. The Hall–Kier alpha value is -2.33. The van der Waals surface area contributed by atoms with Gasteiger partial charge in [0, 0.05) is 0 Å². The number of aryl methyl sites for hydroxylation is 1. The number of halogens is 1. The molecule has 8 heteroatoms. The van der Waals surface area contributed by atoms with E-state index in [0.717, 1.165) is 17.3 Å². The fraction of sp³-hybridized carbons (Fsp3) is 0.105. The normalized spacial score (nSPS) is 15.0. The molecular weight excluding hydrogens is 481 g/mol. The molecule has 6 nitrogen and oxygen atoms in total. The van der Waals surface area contributed by atoms with Gasteiger partial charge in [0.05, 0.1) is 21.1 Å². The summed E-state index contributed by atoms with van der Waals surface area (Å²) >= 11 is 2.86. The van der Waals surface area contributed by atoms with E-state index in [0.29, 0.717) is 31.1 Å². The number of carbonyl (C=O) groups is 3. The molecule has 0 atom stereocenters. The summed E-state index contributed by atoms with van der Waals surface area (Å²) in [5.41, 5.74) is 2.13. The Morgan fingerprint density at radius 3 is 2.48 bits per heavy atom. The summed E-state index contributed by atoms with van der Waals surface area (Å²) in [5, 5.41) is 1.80. The van der Waals surface area contributed by atoms with Crippen molar-refractivity contribution in [2.24, 2.45) is 0 Å². The SMILES string of the molecule is COc1cc(/C=C2\SC(=O)NC2=O)cc(I)c1OC(=O)c1ccc(C)cc1. The molecule has 0 spiro atoms. The summed E-state index contributed by atoms with van der Waals surface area (Å²) < 4.78 is 11.5. The molecule has 1 N–H and O–H groups in total. The van der Waals surface area contributed by atoms with Crippen molar-refractivity contribution in [3.8, 4) is 11.5 Å². The third-order valence-electron chi connectivity index (χ3n) is 3.67. The number of ether oxygens (including phenoxy) is 2. The number of esters is 1. The maximum atomic E-state index is 12.4. The first-order chi connectivity index (χ1) is 12.9. The van der Waals surface area contributed by atoms with Gasteiger partial charge in [-0.1, -0.05) is 17.7 Å². The minimum absolute atomic E-state index is 0.294. The summed E-state index contributed by atoms with van der Waals surface area (Å²) in [6.07, 6.45) is 1.58. The van der Waals surface area contributed by atoms with E-state index in [1.54, 1.807) is 30.3 Å². The molecule has 1 fully saturated rings. The van der Waals surface area contributed by atoms with E-state index in [1.165, 1.54) is 7.11 Å². The molecule has 0 unspecified atom stereocenters. The van der Waals surface area contributed by atoms with Crippen molar-refractivity contribution in [1.82, 2.24) is 5.32 Å². The molecule has 3 rings (SSSR count). The van der Waals surface area contributed by atoms with Crippen LogP contribution in [0.15, 0.2) is 41.3 Å². The van der Waals surface area contributed by atoms with E-state index in [1.807, 2.05) is 41.6 Å². The number of hydrogen-bond donors (Lipinski definition) is 1. The average molecular weight is 495 g/mol. The van der Waals surface area contributed by atoms with E-state index < -0.39 is 17.1 Å². The highest BCUT2D eigenvalue weighted by atomic mass is 127. The Bertz CT molecular complexity index is 969. The van der Waals surface area contributed by atoms with Gasteiger partial charge in [-0.15, -0.1) is 0 Å². The molecule has 0 radical (unpaired) electrons. The molecule has 0 aromatic heterocycles. The van der Waals surface area contributed by atoms with Crippen molar-refractivity contribution in [2.45, 2.75) is 6.92 Å². The fourth-order valence-corrected chi connectivity index (χ4v) is 3.75. The van der Waals surface area contributed by atoms with Crippen LogP contribution in [-0.2, 0) is 4.79 Å². The lowest BCUT2D eigenvalue weighted by atomic mass is 10.1. The molecule has 0 aliphatic carbocycles. The lowest BCUT2D eigenvalue weighted by Crippen LogP contribution is -2.17. The number of benzene rings is 2. The minimum atomic E-state index is -0.492. The zero-order valence-corrected chi connectivity index (χ0v) is 17.3. The van der Waals surface area contributed by atoms with Gasteiger partial charge in [-0.2, -0.15) is 0 Å². The molecular formula is C19H14INO5S. The highest BCUT2D eigenvalue weighted by Gasteiger charge is 2.25. The summed E-state index contributed by atoms with van der Waals surface area (Å²) in [7, 11) is 1.46. The Morgan fingerprint density at radius 1 is 1.19 bits per heavy atom. The molecule has 27 heavy (non-hydrogen) atoms. The van der Waals surface area contributed by atoms with E-state index in [2.05, 4.69) is 5.32 Å². The fourth-order valence-electron chi connectivity index (χ4n) is 2.34. The van der Waals surface area contributed by atoms with Crippen LogP contribution < -0.4 is 14.8 Å². The first kappa shape index (κ1) is 19.4. The van der Waals surface area contributed by atoms with Gasteiger partial charge in [0.15, 0.2) is 11.5 Å². The molecule has 2 aromatic rings. The maximum absolute atomic E-state index is 12.4. The molecule has 2 aromatic carbocycles. The zero-order valence-electron chi connectivity index (χ0n) is 14.4. The predicted octanol–water partition coefficient (Wildman–Crippen LogP) is 4.15. The highest BCUT2D eigenvalue weighted by molar-refractivity contribution is 14.1. The number of nitrogens with one attached hydrogen (secondary N) is 1. The predicted molar refractivity (Wildman–Crippen MR) is 111 cm³/mol. The molecule has 0 bridgehead atoms. The van der Waals surface area contributed by atoms with E-state index in [9.17, 15) is 14.4 Å². The lowest BCUT2D eigenvalue weighted by Gasteiger charge is -2.12. The smallest absolute Gasteiger partial charge is 0.343 e. The van der Waals surface area contributed by atoms with Crippen LogP contribution in [0, 0.1) is 10.5 Å². The van der Waals surface area contributed by atoms with Crippen LogP contribution >= 0.6 is 34.4 Å². The molecule has 1 aliphatic heterocycles. The third-order valence-corrected chi connectivity index (χ3v) is 5.29. The van der Waals surface area contributed by atoms with Crippen molar-refractivity contribution in [3.05, 3.63) is 61.6 Å². The number of thioether (sulfide) groups is 1. The van der Waals surface area contributed by atoms with Gasteiger partial charge in [0.2, 0.25) is 0 Å². The van der Waals surface area contributed by atoms with Crippen molar-refractivity contribution < 1.29 is 23.9 Å². The van der Waals surface area contributed by atoms with Crippen LogP contribution in [0.1, 0.15) is 21.5 Å². The van der Waals surface area contributed by atoms with Gasteiger partial charge in [0.25, 0.3) is 11.1 Å². The zero-order chi connectivity index (χ0) is 19.6. The topological polar surface area (TPSA) is 81.7 Å². The van der Waals surface area contributed by atoms with Gasteiger partial charge in [-0.3, -0.25) is 14.9 Å². The van der Waals surface area contributed by atoms with E-state index in [4.69, 9.17) is 9.47 Å². The monoisotopic (exact) mass is 495 g/mol. The Morgan fingerprint density at radius 2 is 1.89 bits per heavy atom. The van der Waals surface area contributed by atoms with Crippen LogP contribution in [0.3, 0.4) is 0 Å². The quantitative estimate of drug-likeness (QED) is 0.297. The first-order valence-electron chi connectivity index (χ1n) is 7.78. The van der Waals surface area contributed by atoms with Gasteiger partial charge < -0.3 is 9.47 Å². The van der Waals surface area contributed by atoms with Gasteiger partial charge in [-0.05, 0) is 77.2 Å². The summed E-state index contributed by atoms with van der Waals surface area (Å²) in [4.78, 5) is 35.7. The van der Waals surface area contributed by atoms with Crippen LogP contribution in [0.5, 0.6) is 11.5 Å². The van der Waals surface area contributed by atoms with Crippen LogP contribution in [0.2, 0.25) is 0 Å². The second-order valence-corrected chi connectivity index (χ2v) is 7.82. The molecule has 138 valence electrons. The minimum Gasteiger partial charge on any atom is -0.493 e. The molecule has 1 heterocycles. The van der Waals surface area contributed by atoms with Gasteiger partial charge in [-0.25, -0.2) is 4.79 Å². The van der Waals surface area contributed by atoms with Gasteiger partial charge in [0.1, 0.15) is 0 Å². The summed E-state index contributed by atoms with van der Waals surface area (Å²) in [6, 6.07) is 10.4.